The third kappa shape index (κ3) is 3.53. The maximum Gasteiger partial charge on any atom is 0.119 e. The Morgan fingerprint density at radius 2 is 1.84 bits per heavy atom. The van der Waals surface area contributed by atoms with Crippen LogP contribution in [0.25, 0.3) is 0 Å². The van der Waals surface area contributed by atoms with Crippen LogP contribution in [0.1, 0.15) is 31.0 Å². The zero-order valence-corrected chi connectivity index (χ0v) is 11.2. The van der Waals surface area contributed by atoms with E-state index >= 15 is 0 Å². The van der Waals surface area contributed by atoms with Crippen LogP contribution in [0.5, 0.6) is 5.75 Å². The van der Waals surface area contributed by atoms with Crippen LogP contribution in [-0.2, 0) is 0 Å². The Labute approximate surface area is 113 Å². The van der Waals surface area contributed by atoms with Gasteiger partial charge in [0.05, 0.1) is 12.1 Å². The van der Waals surface area contributed by atoms with Gasteiger partial charge in [0.15, 0.2) is 0 Å². The second kappa shape index (κ2) is 6.31. The summed E-state index contributed by atoms with van der Waals surface area (Å²) >= 11 is 0. The first kappa shape index (κ1) is 13.5. The average molecular weight is 257 g/mol. The van der Waals surface area contributed by atoms with Crippen LogP contribution in [0, 0.1) is 0 Å². The monoisotopic (exact) mass is 257 g/mol. The van der Waals surface area contributed by atoms with Gasteiger partial charge in [-0.25, -0.2) is 5.43 Å². The summed E-state index contributed by atoms with van der Waals surface area (Å²) in [6.45, 7) is 4.02. The molecule has 2 rings (SSSR count). The molecule has 0 saturated heterocycles. The lowest BCUT2D eigenvalue weighted by molar-refractivity contribution is 0.242. The maximum atomic E-state index is 5.65. The van der Waals surface area contributed by atoms with Gasteiger partial charge < -0.3 is 4.74 Å². The van der Waals surface area contributed by atoms with E-state index < -0.39 is 0 Å². The van der Waals surface area contributed by atoms with Crippen LogP contribution in [-0.4, -0.2) is 11.1 Å². The molecule has 0 aliphatic rings. The van der Waals surface area contributed by atoms with E-state index in [9.17, 15) is 0 Å². The fourth-order valence-corrected chi connectivity index (χ4v) is 1.94. The molecule has 0 aliphatic heterocycles. The van der Waals surface area contributed by atoms with E-state index in [4.69, 9.17) is 10.6 Å². The largest absolute Gasteiger partial charge is 0.491 e. The van der Waals surface area contributed by atoms with Gasteiger partial charge in [-0.1, -0.05) is 18.2 Å². The highest BCUT2D eigenvalue weighted by Gasteiger charge is 2.12. The van der Waals surface area contributed by atoms with Gasteiger partial charge in [-0.2, -0.15) is 0 Å². The summed E-state index contributed by atoms with van der Waals surface area (Å²) in [6, 6.07) is 11.8. The minimum Gasteiger partial charge on any atom is -0.491 e. The molecule has 3 N–H and O–H groups in total. The van der Waals surface area contributed by atoms with Crippen molar-refractivity contribution in [1.82, 2.24) is 10.4 Å². The lowest BCUT2D eigenvalue weighted by Crippen LogP contribution is -2.28. The van der Waals surface area contributed by atoms with Gasteiger partial charge in [0.25, 0.3) is 0 Å². The number of hydrogen-bond donors (Lipinski definition) is 2. The lowest BCUT2D eigenvalue weighted by Gasteiger charge is -2.17. The van der Waals surface area contributed by atoms with Gasteiger partial charge in [-0.15, -0.1) is 0 Å². The third-order valence-electron chi connectivity index (χ3n) is 2.77. The lowest BCUT2D eigenvalue weighted by atomic mass is 10.0. The van der Waals surface area contributed by atoms with E-state index in [0.717, 1.165) is 16.9 Å². The van der Waals surface area contributed by atoms with Crippen molar-refractivity contribution in [2.45, 2.75) is 26.0 Å². The van der Waals surface area contributed by atoms with Gasteiger partial charge in [0, 0.05) is 12.4 Å². The van der Waals surface area contributed by atoms with Crippen molar-refractivity contribution < 1.29 is 4.74 Å². The van der Waals surface area contributed by atoms with Crippen LogP contribution in [0.2, 0.25) is 0 Å². The van der Waals surface area contributed by atoms with Gasteiger partial charge in [0.1, 0.15) is 5.75 Å². The second-order valence-corrected chi connectivity index (χ2v) is 4.62. The zero-order chi connectivity index (χ0) is 13.7. The summed E-state index contributed by atoms with van der Waals surface area (Å²) in [5.74, 6) is 6.51. The van der Waals surface area contributed by atoms with Gasteiger partial charge >= 0.3 is 0 Å². The quantitative estimate of drug-likeness (QED) is 0.638. The number of rotatable bonds is 5. The second-order valence-electron chi connectivity index (χ2n) is 4.62. The van der Waals surface area contributed by atoms with Crippen molar-refractivity contribution in [2.75, 3.05) is 0 Å². The molecule has 4 nitrogen and oxygen atoms in total. The Kier molecular flexibility index (Phi) is 4.49. The van der Waals surface area contributed by atoms with Crippen LogP contribution in [0.4, 0.5) is 0 Å². The molecule has 1 unspecified atom stereocenters. The van der Waals surface area contributed by atoms with Gasteiger partial charge in [0.2, 0.25) is 0 Å². The topological polar surface area (TPSA) is 60.2 Å². The Bertz CT molecular complexity index is 497. The predicted molar refractivity (Wildman–Crippen MR) is 75.6 cm³/mol. The molecular weight excluding hydrogens is 238 g/mol. The summed E-state index contributed by atoms with van der Waals surface area (Å²) in [5.41, 5.74) is 4.92. The Morgan fingerprint density at radius 1 is 1.11 bits per heavy atom. The van der Waals surface area contributed by atoms with E-state index in [2.05, 4.69) is 10.4 Å². The van der Waals surface area contributed by atoms with Crippen molar-refractivity contribution in [3.05, 3.63) is 59.9 Å². The molecule has 0 spiro atoms. The minimum absolute atomic E-state index is 0.0678. The molecule has 19 heavy (non-hydrogen) atoms. The molecule has 0 fully saturated rings. The van der Waals surface area contributed by atoms with E-state index in [1.807, 2.05) is 56.4 Å². The number of aromatic nitrogens is 1. The number of hydrogen-bond acceptors (Lipinski definition) is 4. The first-order chi connectivity index (χ1) is 9.20. The fourth-order valence-electron chi connectivity index (χ4n) is 1.94. The van der Waals surface area contributed by atoms with Crippen molar-refractivity contribution in [3.8, 4) is 5.75 Å². The molecule has 0 amide bonds. The van der Waals surface area contributed by atoms with Gasteiger partial charge in [-0.05, 0) is 43.2 Å². The van der Waals surface area contributed by atoms with Crippen LogP contribution in [0.3, 0.4) is 0 Å². The number of hydrazine groups is 1. The van der Waals surface area contributed by atoms with E-state index in [1.54, 1.807) is 6.20 Å². The molecule has 100 valence electrons. The van der Waals surface area contributed by atoms with Crippen molar-refractivity contribution in [3.63, 3.8) is 0 Å². The summed E-state index contributed by atoms with van der Waals surface area (Å²) in [6.07, 6.45) is 3.73. The highest BCUT2D eigenvalue weighted by atomic mass is 16.5. The molecule has 0 bridgehead atoms. The predicted octanol–water partition coefficient (Wildman–Crippen LogP) is 2.42. The van der Waals surface area contributed by atoms with E-state index in [-0.39, 0.29) is 12.1 Å². The van der Waals surface area contributed by atoms with Crippen molar-refractivity contribution >= 4 is 0 Å². The first-order valence-corrected chi connectivity index (χ1v) is 6.33. The number of pyridine rings is 1. The summed E-state index contributed by atoms with van der Waals surface area (Å²) < 4.78 is 5.62. The van der Waals surface area contributed by atoms with Crippen LogP contribution in [0.15, 0.2) is 48.8 Å². The highest BCUT2D eigenvalue weighted by Crippen LogP contribution is 2.23. The minimum atomic E-state index is -0.0678. The molecule has 1 aromatic heterocycles. The molecule has 2 aromatic rings. The number of nitrogens with two attached hydrogens (primary N) is 1. The smallest absolute Gasteiger partial charge is 0.119 e. The third-order valence-corrected chi connectivity index (χ3v) is 2.77. The number of ether oxygens (including phenoxy) is 1. The molecular formula is C15H19N3O. The Balaban J connectivity index is 2.20. The Morgan fingerprint density at radius 3 is 2.37 bits per heavy atom. The molecule has 4 heteroatoms. The summed E-state index contributed by atoms with van der Waals surface area (Å²) in [5, 5.41) is 0. The normalized spacial score (nSPS) is 12.4. The van der Waals surface area contributed by atoms with Crippen molar-refractivity contribution in [1.29, 1.82) is 0 Å². The number of benzene rings is 1. The molecule has 0 radical (unpaired) electrons. The average Bonchev–Trinajstić information content (AvgIpc) is 2.42. The van der Waals surface area contributed by atoms with Crippen LogP contribution >= 0.6 is 0 Å². The maximum absolute atomic E-state index is 5.65. The number of nitrogens with one attached hydrogen (secondary N) is 1. The zero-order valence-electron chi connectivity index (χ0n) is 11.2. The SMILES string of the molecule is CC(C)Oc1ccc(C(NN)c2cccnc2)cc1. The van der Waals surface area contributed by atoms with Crippen molar-refractivity contribution in [2.24, 2.45) is 5.84 Å². The van der Waals surface area contributed by atoms with Crippen LogP contribution < -0.4 is 16.0 Å². The fraction of sp³-hybridized carbons (Fsp3) is 0.267. The summed E-state index contributed by atoms with van der Waals surface area (Å²) in [4.78, 5) is 4.12. The Hall–Kier alpha value is -1.91. The number of nitrogens with zero attached hydrogens (tertiary/aromatic N) is 1. The summed E-state index contributed by atoms with van der Waals surface area (Å²) in [7, 11) is 0. The molecule has 1 aromatic carbocycles. The highest BCUT2D eigenvalue weighted by molar-refractivity contribution is 5.34. The molecule has 0 saturated carbocycles. The van der Waals surface area contributed by atoms with Gasteiger partial charge in [-0.3, -0.25) is 10.8 Å². The van der Waals surface area contributed by atoms with E-state index in [0.29, 0.717) is 0 Å². The standard InChI is InChI=1S/C15H19N3O/c1-11(2)19-14-7-5-12(6-8-14)15(18-16)13-4-3-9-17-10-13/h3-11,15,18H,16H2,1-2H3. The molecule has 1 atom stereocenters. The first-order valence-electron chi connectivity index (χ1n) is 6.33. The van der Waals surface area contributed by atoms with E-state index in [1.165, 1.54) is 0 Å². The molecule has 1 heterocycles. The molecule has 0 aliphatic carbocycles.